The number of likely N-dealkylation sites (N-methyl/N-ethyl adjacent to an activating group) is 1. The highest BCUT2D eigenvalue weighted by atomic mass is 32.2. The molecular weight excluding hydrogens is 284 g/mol. The van der Waals surface area contributed by atoms with Crippen molar-refractivity contribution in [3.63, 3.8) is 0 Å². The predicted molar refractivity (Wildman–Crippen MR) is 82.4 cm³/mol. The van der Waals surface area contributed by atoms with E-state index in [0.29, 0.717) is 0 Å². The van der Waals surface area contributed by atoms with Crippen molar-refractivity contribution in [1.82, 2.24) is 9.88 Å². The summed E-state index contributed by atoms with van der Waals surface area (Å²) in [6.07, 6.45) is 2.75. The van der Waals surface area contributed by atoms with Crippen molar-refractivity contribution in [2.24, 2.45) is 0 Å². The number of ether oxygens (including phenoxy) is 1. The second-order valence-electron chi connectivity index (χ2n) is 4.89. The van der Waals surface area contributed by atoms with E-state index in [2.05, 4.69) is 9.88 Å². The predicted octanol–water partition coefficient (Wildman–Crippen LogP) is 3.07. The lowest BCUT2D eigenvalue weighted by Crippen LogP contribution is -2.32. The fraction of sp³-hybridized carbons (Fsp3) is 0.250. The third kappa shape index (κ3) is 2.54. The molecule has 0 saturated heterocycles. The summed E-state index contributed by atoms with van der Waals surface area (Å²) in [6.45, 7) is 0. The lowest BCUT2D eigenvalue weighted by atomic mass is 10.1. The van der Waals surface area contributed by atoms with Crippen LogP contribution in [-0.2, 0) is 4.79 Å². The molecule has 2 aromatic rings. The zero-order valence-electron chi connectivity index (χ0n) is 11.9. The van der Waals surface area contributed by atoms with Gasteiger partial charge in [-0.3, -0.25) is 4.90 Å². The molecule has 0 aliphatic carbocycles. The van der Waals surface area contributed by atoms with Crippen LogP contribution in [0.3, 0.4) is 0 Å². The number of fused-ring (bicyclic) bond motifs is 1. The maximum absolute atomic E-state index is 11.5. The Morgan fingerprint density at radius 1 is 1.29 bits per heavy atom. The Labute approximate surface area is 128 Å². The van der Waals surface area contributed by atoms with Crippen molar-refractivity contribution in [3.8, 4) is 5.75 Å². The Hall–Kier alpha value is -1.85. The first-order chi connectivity index (χ1) is 10.2. The molecule has 1 aromatic carbocycles. The molecule has 4 nitrogen and oxygen atoms in total. The molecule has 0 saturated carbocycles. The second kappa shape index (κ2) is 5.87. The molecule has 5 heteroatoms. The van der Waals surface area contributed by atoms with E-state index in [1.165, 1.54) is 0 Å². The summed E-state index contributed by atoms with van der Waals surface area (Å²) in [5.41, 5.74) is 2.11. The quantitative estimate of drug-likeness (QED) is 0.815. The Morgan fingerprint density at radius 3 is 2.71 bits per heavy atom. The molecule has 0 amide bonds. The van der Waals surface area contributed by atoms with Gasteiger partial charge in [-0.05, 0) is 30.8 Å². The van der Waals surface area contributed by atoms with Crippen LogP contribution in [0.4, 0.5) is 0 Å². The van der Waals surface area contributed by atoms with Crippen LogP contribution in [0.2, 0.25) is 0 Å². The van der Waals surface area contributed by atoms with Gasteiger partial charge in [0.1, 0.15) is 17.1 Å². The first-order valence-electron chi connectivity index (χ1n) is 6.67. The topological polar surface area (TPSA) is 42.4 Å². The Bertz CT molecular complexity index is 645. The molecule has 1 aliphatic heterocycles. The number of hydrogen-bond acceptors (Lipinski definition) is 5. The Morgan fingerprint density at radius 2 is 2.05 bits per heavy atom. The Kier molecular flexibility index (Phi) is 3.94. The van der Waals surface area contributed by atoms with Crippen molar-refractivity contribution in [2.45, 2.75) is 16.4 Å². The zero-order chi connectivity index (χ0) is 14.8. The molecule has 0 spiro atoms. The van der Waals surface area contributed by atoms with Crippen molar-refractivity contribution in [3.05, 3.63) is 53.7 Å². The molecule has 1 aliphatic rings. The maximum Gasteiger partial charge on any atom is 0.141 e. The van der Waals surface area contributed by atoms with Crippen LogP contribution in [-0.4, -0.2) is 30.3 Å². The van der Waals surface area contributed by atoms with Gasteiger partial charge in [-0.1, -0.05) is 30.0 Å². The number of aromatic nitrogens is 1. The first-order valence-corrected chi connectivity index (χ1v) is 7.55. The van der Waals surface area contributed by atoms with Crippen LogP contribution >= 0.6 is 11.8 Å². The van der Waals surface area contributed by atoms with Gasteiger partial charge in [0.2, 0.25) is 0 Å². The number of pyridine rings is 1. The summed E-state index contributed by atoms with van der Waals surface area (Å²) in [5, 5.41) is 0.988. The van der Waals surface area contributed by atoms with Crippen LogP contribution in [0.5, 0.6) is 5.75 Å². The number of hydrogen-bond donors (Lipinski definition) is 0. The molecule has 0 bridgehead atoms. The number of carbonyl (C=O) groups is 1. The van der Waals surface area contributed by atoms with E-state index in [4.69, 9.17) is 4.74 Å². The molecule has 0 radical (unpaired) electrons. The van der Waals surface area contributed by atoms with Gasteiger partial charge >= 0.3 is 0 Å². The summed E-state index contributed by atoms with van der Waals surface area (Å²) < 4.78 is 5.19. The van der Waals surface area contributed by atoms with E-state index >= 15 is 0 Å². The first kappa shape index (κ1) is 14.1. The average molecular weight is 300 g/mol. The number of benzene rings is 1. The van der Waals surface area contributed by atoms with Crippen LogP contribution in [0, 0.1) is 0 Å². The van der Waals surface area contributed by atoms with Crippen molar-refractivity contribution < 1.29 is 9.53 Å². The number of aldehydes is 1. The second-order valence-corrected chi connectivity index (χ2v) is 5.96. The number of carbonyl (C=O) groups excluding carboxylic acids is 1. The molecule has 2 unspecified atom stereocenters. The number of rotatable bonds is 3. The average Bonchev–Trinajstić information content (AvgIpc) is 2.54. The highest BCUT2D eigenvalue weighted by Crippen LogP contribution is 2.47. The maximum atomic E-state index is 11.5. The number of methoxy groups -OCH3 is 1. The normalized spacial score (nSPS) is 21.6. The minimum Gasteiger partial charge on any atom is -0.497 e. The SMILES string of the molecule is COc1ccc(C2Sc3ncccc3C(C=O)N2C)cc1. The largest absolute Gasteiger partial charge is 0.497 e. The smallest absolute Gasteiger partial charge is 0.141 e. The number of thioether (sulfide) groups is 1. The molecule has 0 fully saturated rings. The van der Waals surface area contributed by atoms with Gasteiger partial charge < -0.3 is 9.53 Å². The van der Waals surface area contributed by atoms with E-state index in [1.54, 1.807) is 25.1 Å². The van der Waals surface area contributed by atoms with Gasteiger partial charge in [0.05, 0.1) is 18.5 Å². The van der Waals surface area contributed by atoms with Crippen LogP contribution in [0.25, 0.3) is 0 Å². The minimum atomic E-state index is -0.262. The summed E-state index contributed by atoms with van der Waals surface area (Å²) >= 11 is 1.67. The third-order valence-corrected chi connectivity index (χ3v) is 5.07. The lowest BCUT2D eigenvalue weighted by Gasteiger charge is -2.37. The molecule has 21 heavy (non-hydrogen) atoms. The van der Waals surface area contributed by atoms with E-state index in [1.807, 2.05) is 43.4 Å². The third-order valence-electron chi connectivity index (χ3n) is 3.68. The van der Waals surface area contributed by atoms with E-state index in [9.17, 15) is 4.79 Å². The zero-order valence-corrected chi connectivity index (χ0v) is 12.7. The van der Waals surface area contributed by atoms with Gasteiger partial charge in [-0.2, -0.15) is 0 Å². The standard InChI is InChI=1S/C16H16N2O2S/c1-18-14(10-19)13-4-3-9-17-15(13)21-16(18)11-5-7-12(20-2)8-6-11/h3-10,14,16H,1-2H3. The molecule has 3 rings (SSSR count). The number of nitrogens with zero attached hydrogens (tertiary/aromatic N) is 2. The lowest BCUT2D eigenvalue weighted by molar-refractivity contribution is -0.112. The summed E-state index contributed by atoms with van der Waals surface area (Å²) in [7, 11) is 3.62. The summed E-state index contributed by atoms with van der Waals surface area (Å²) in [4.78, 5) is 18.0. The van der Waals surface area contributed by atoms with Crippen molar-refractivity contribution in [2.75, 3.05) is 14.2 Å². The van der Waals surface area contributed by atoms with E-state index < -0.39 is 0 Å². The van der Waals surface area contributed by atoms with Crippen molar-refractivity contribution >= 4 is 18.0 Å². The van der Waals surface area contributed by atoms with Crippen molar-refractivity contribution in [1.29, 1.82) is 0 Å². The molecule has 1 aromatic heterocycles. The van der Waals surface area contributed by atoms with Gasteiger partial charge in [-0.15, -0.1) is 0 Å². The molecule has 0 N–H and O–H groups in total. The minimum absolute atomic E-state index is 0.0634. The van der Waals surface area contributed by atoms with Gasteiger partial charge in [-0.25, -0.2) is 4.98 Å². The highest BCUT2D eigenvalue weighted by Gasteiger charge is 2.33. The summed E-state index contributed by atoms with van der Waals surface area (Å²) in [6, 6.07) is 11.5. The van der Waals surface area contributed by atoms with Crippen LogP contribution in [0.15, 0.2) is 47.6 Å². The van der Waals surface area contributed by atoms with Crippen LogP contribution in [0.1, 0.15) is 22.5 Å². The van der Waals surface area contributed by atoms with E-state index in [0.717, 1.165) is 28.2 Å². The fourth-order valence-corrected chi connectivity index (χ4v) is 3.77. The molecule has 2 heterocycles. The molecular formula is C16H16N2O2S. The van der Waals surface area contributed by atoms with Gasteiger partial charge in [0.25, 0.3) is 0 Å². The monoisotopic (exact) mass is 300 g/mol. The molecule has 108 valence electrons. The Balaban J connectivity index is 1.98. The van der Waals surface area contributed by atoms with Gasteiger partial charge in [0, 0.05) is 11.8 Å². The highest BCUT2D eigenvalue weighted by molar-refractivity contribution is 7.99. The molecule has 2 atom stereocenters. The van der Waals surface area contributed by atoms with E-state index in [-0.39, 0.29) is 11.4 Å². The van der Waals surface area contributed by atoms with Gasteiger partial charge in [0.15, 0.2) is 0 Å². The fourth-order valence-electron chi connectivity index (χ4n) is 2.52. The summed E-state index contributed by atoms with van der Waals surface area (Å²) in [5.74, 6) is 0.827. The van der Waals surface area contributed by atoms with Crippen LogP contribution < -0.4 is 4.74 Å².